The summed E-state index contributed by atoms with van der Waals surface area (Å²) in [7, 11) is 0. The molecule has 2 N–H and O–H groups in total. The first-order valence-corrected chi connectivity index (χ1v) is 6.44. The first-order valence-electron chi connectivity index (χ1n) is 6.44. The van der Waals surface area contributed by atoms with Gasteiger partial charge < -0.3 is 14.9 Å². The van der Waals surface area contributed by atoms with Gasteiger partial charge in [-0.2, -0.15) is 0 Å². The Bertz CT molecular complexity index is 478. The number of aliphatic hydroxyl groups is 1. The molecule has 1 heterocycles. The van der Waals surface area contributed by atoms with Gasteiger partial charge in [0.25, 0.3) is 0 Å². The molecule has 1 aliphatic rings. The Morgan fingerprint density at radius 1 is 1.32 bits per heavy atom. The molecule has 0 bridgehead atoms. The van der Waals surface area contributed by atoms with Crippen molar-refractivity contribution < 1.29 is 19.7 Å². The summed E-state index contributed by atoms with van der Waals surface area (Å²) in [4.78, 5) is 10.6. The summed E-state index contributed by atoms with van der Waals surface area (Å²) in [6, 6.07) is 10.1. The molecule has 1 aromatic carbocycles. The second kappa shape index (κ2) is 5.89. The van der Waals surface area contributed by atoms with Gasteiger partial charge in [0.1, 0.15) is 0 Å². The lowest BCUT2D eigenvalue weighted by Gasteiger charge is -2.16. The standard InChI is InChI=1S/C15H18O4/c1-10(7-8-11-5-3-2-4-6-11)12(16)9-13-14(19-13)15(17)18/h2-6,10,12,16H,7-9H2,1H3,(H,17,18). The van der Waals surface area contributed by atoms with Crippen LogP contribution in [-0.4, -0.2) is 22.3 Å². The lowest BCUT2D eigenvalue weighted by atomic mass is 9.94. The van der Waals surface area contributed by atoms with Crippen LogP contribution in [0.5, 0.6) is 0 Å². The van der Waals surface area contributed by atoms with Gasteiger partial charge in [-0.1, -0.05) is 37.3 Å². The largest absolute Gasteiger partial charge is 0.475 e. The highest BCUT2D eigenvalue weighted by Gasteiger charge is 2.34. The van der Waals surface area contributed by atoms with Crippen LogP contribution in [0.15, 0.2) is 41.9 Å². The van der Waals surface area contributed by atoms with E-state index in [2.05, 4.69) is 12.1 Å². The van der Waals surface area contributed by atoms with E-state index in [1.54, 1.807) is 0 Å². The normalized spacial score (nSPS) is 16.7. The van der Waals surface area contributed by atoms with Gasteiger partial charge in [0.2, 0.25) is 5.76 Å². The third-order valence-electron chi connectivity index (χ3n) is 3.41. The van der Waals surface area contributed by atoms with Crippen LogP contribution < -0.4 is 0 Å². The fraction of sp³-hybridized carbons (Fsp3) is 0.400. The Morgan fingerprint density at radius 3 is 2.58 bits per heavy atom. The Balaban J connectivity index is 1.77. The van der Waals surface area contributed by atoms with E-state index >= 15 is 0 Å². The van der Waals surface area contributed by atoms with Crippen LogP contribution in [0.1, 0.15) is 25.3 Å². The van der Waals surface area contributed by atoms with Crippen LogP contribution in [-0.2, 0) is 16.0 Å². The number of carbonyl (C=O) groups is 1. The second-order valence-corrected chi connectivity index (χ2v) is 4.93. The van der Waals surface area contributed by atoms with E-state index in [0.717, 1.165) is 12.8 Å². The number of benzene rings is 1. The molecule has 0 fully saturated rings. The molecule has 0 amide bonds. The fourth-order valence-corrected chi connectivity index (χ4v) is 2.02. The van der Waals surface area contributed by atoms with E-state index < -0.39 is 12.1 Å². The highest BCUT2D eigenvalue weighted by Crippen LogP contribution is 2.32. The third kappa shape index (κ3) is 3.83. The maximum absolute atomic E-state index is 10.6. The van der Waals surface area contributed by atoms with Crippen molar-refractivity contribution >= 4 is 5.97 Å². The van der Waals surface area contributed by atoms with Gasteiger partial charge >= 0.3 is 5.97 Å². The van der Waals surface area contributed by atoms with E-state index in [4.69, 9.17) is 9.84 Å². The number of aryl methyl sites for hydroxylation is 1. The fourth-order valence-electron chi connectivity index (χ4n) is 2.02. The van der Waals surface area contributed by atoms with Gasteiger partial charge in [-0.25, -0.2) is 4.79 Å². The lowest BCUT2D eigenvalue weighted by molar-refractivity contribution is -0.133. The summed E-state index contributed by atoms with van der Waals surface area (Å²) in [5.74, 6) is -0.549. The third-order valence-corrected chi connectivity index (χ3v) is 3.41. The van der Waals surface area contributed by atoms with Crippen molar-refractivity contribution in [2.45, 2.75) is 32.3 Å². The zero-order chi connectivity index (χ0) is 13.8. The predicted molar refractivity (Wildman–Crippen MR) is 70.3 cm³/mol. The van der Waals surface area contributed by atoms with Crippen LogP contribution >= 0.6 is 0 Å². The van der Waals surface area contributed by atoms with Crippen LogP contribution in [0.2, 0.25) is 0 Å². The summed E-state index contributed by atoms with van der Waals surface area (Å²) < 4.78 is 4.84. The number of aliphatic hydroxyl groups excluding tert-OH is 1. The molecule has 0 aliphatic carbocycles. The minimum absolute atomic E-state index is 0.00527. The monoisotopic (exact) mass is 262 g/mol. The quantitative estimate of drug-likeness (QED) is 0.791. The van der Waals surface area contributed by atoms with Crippen molar-refractivity contribution in [2.24, 2.45) is 5.92 Å². The molecule has 0 aromatic heterocycles. The number of carboxylic acids is 1. The zero-order valence-electron chi connectivity index (χ0n) is 10.9. The highest BCUT2D eigenvalue weighted by molar-refractivity contribution is 5.88. The molecule has 19 heavy (non-hydrogen) atoms. The number of aliphatic carboxylic acids is 1. The Labute approximate surface area is 112 Å². The van der Waals surface area contributed by atoms with Crippen LogP contribution in [0, 0.1) is 5.92 Å². The Hall–Kier alpha value is -1.81. The van der Waals surface area contributed by atoms with Crippen molar-refractivity contribution in [3.8, 4) is 0 Å². The van der Waals surface area contributed by atoms with Crippen molar-refractivity contribution in [1.82, 2.24) is 0 Å². The van der Waals surface area contributed by atoms with Gasteiger partial charge in [-0.15, -0.1) is 0 Å². The number of ether oxygens (including phenoxy) is 1. The van der Waals surface area contributed by atoms with Gasteiger partial charge in [0.05, 0.1) is 6.10 Å². The molecule has 0 radical (unpaired) electrons. The maximum atomic E-state index is 10.6. The molecule has 1 aliphatic heterocycles. The SMILES string of the molecule is CC(CCc1ccccc1)C(O)CC1=C(C(=O)O)O1. The smallest absolute Gasteiger partial charge is 0.375 e. The van der Waals surface area contributed by atoms with Gasteiger partial charge in [0.15, 0.2) is 5.76 Å². The van der Waals surface area contributed by atoms with E-state index in [1.165, 1.54) is 5.56 Å². The Morgan fingerprint density at radius 2 is 2.00 bits per heavy atom. The summed E-state index contributed by atoms with van der Waals surface area (Å²) in [6.45, 7) is 1.97. The average Bonchev–Trinajstić information content (AvgIpc) is 3.16. The molecule has 0 spiro atoms. The predicted octanol–water partition coefficient (Wildman–Crippen LogP) is 2.33. The molecule has 0 saturated carbocycles. The molecule has 2 rings (SSSR count). The zero-order valence-corrected chi connectivity index (χ0v) is 10.9. The summed E-state index contributed by atoms with van der Waals surface area (Å²) in [5, 5.41) is 18.7. The number of hydrogen-bond donors (Lipinski definition) is 2. The maximum Gasteiger partial charge on any atom is 0.375 e. The van der Waals surface area contributed by atoms with Gasteiger partial charge in [-0.3, -0.25) is 0 Å². The van der Waals surface area contributed by atoms with E-state index in [9.17, 15) is 9.90 Å². The van der Waals surface area contributed by atoms with Gasteiger partial charge in [-0.05, 0) is 24.3 Å². The molecule has 4 heteroatoms. The topological polar surface area (TPSA) is 70.1 Å². The number of rotatable bonds is 7. The molecule has 0 saturated heterocycles. The van der Waals surface area contributed by atoms with Crippen LogP contribution in [0.3, 0.4) is 0 Å². The number of carboxylic acid groups (broad SMARTS) is 1. The molecule has 2 atom stereocenters. The molecule has 102 valence electrons. The van der Waals surface area contributed by atoms with E-state index in [1.807, 2.05) is 25.1 Å². The highest BCUT2D eigenvalue weighted by atomic mass is 16.6. The average molecular weight is 262 g/mol. The Kier molecular flexibility index (Phi) is 4.22. The van der Waals surface area contributed by atoms with Crippen LogP contribution in [0.25, 0.3) is 0 Å². The first-order chi connectivity index (χ1) is 9.08. The number of hydrogen-bond acceptors (Lipinski definition) is 3. The summed E-state index contributed by atoms with van der Waals surface area (Å²) in [6.07, 6.45) is 1.50. The summed E-state index contributed by atoms with van der Waals surface area (Å²) >= 11 is 0. The van der Waals surface area contributed by atoms with Crippen molar-refractivity contribution in [3.05, 3.63) is 47.4 Å². The molecule has 2 unspecified atom stereocenters. The first kappa shape index (κ1) is 13.6. The molecule has 1 aromatic rings. The summed E-state index contributed by atoms with van der Waals surface area (Å²) in [5.41, 5.74) is 1.25. The molecule has 4 nitrogen and oxygen atoms in total. The lowest BCUT2D eigenvalue weighted by Crippen LogP contribution is -2.18. The van der Waals surface area contributed by atoms with Crippen molar-refractivity contribution in [2.75, 3.05) is 0 Å². The van der Waals surface area contributed by atoms with Crippen molar-refractivity contribution in [3.63, 3.8) is 0 Å². The van der Waals surface area contributed by atoms with Gasteiger partial charge in [0, 0.05) is 6.42 Å². The minimum Gasteiger partial charge on any atom is -0.475 e. The molecular weight excluding hydrogens is 244 g/mol. The van der Waals surface area contributed by atoms with E-state index in [-0.39, 0.29) is 18.1 Å². The van der Waals surface area contributed by atoms with Crippen LogP contribution in [0.4, 0.5) is 0 Å². The van der Waals surface area contributed by atoms with Crippen molar-refractivity contribution in [1.29, 1.82) is 0 Å². The minimum atomic E-state index is -1.06. The molecular formula is C15H18O4. The second-order valence-electron chi connectivity index (χ2n) is 4.93. The van der Waals surface area contributed by atoms with E-state index in [0.29, 0.717) is 5.76 Å².